The molecular formula is C12H9F2NO. The largest absolute Gasteiger partial charge is 0.295 e. The number of hydrogen-bond donors (Lipinski definition) is 0. The second kappa shape index (κ2) is 3.96. The summed E-state index contributed by atoms with van der Waals surface area (Å²) in [7, 11) is 0. The number of carbonyl (C=O) groups is 1. The first-order chi connectivity index (χ1) is 7.58. The van der Waals surface area contributed by atoms with Gasteiger partial charge in [0.05, 0.1) is 5.52 Å². The first-order valence-corrected chi connectivity index (χ1v) is 4.78. The molecule has 0 atom stereocenters. The minimum atomic E-state index is -2.57. The van der Waals surface area contributed by atoms with Gasteiger partial charge in [0, 0.05) is 10.9 Å². The lowest BCUT2D eigenvalue weighted by molar-refractivity contribution is 0.101. The Bertz CT molecular complexity index is 552. The molecule has 0 spiro atoms. The molecule has 0 bridgehead atoms. The summed E-state index contributed by atoms with van der Waals surface area (Å²) in [5, 5.41) is 0.692. The van der Waals surface area contributed by atoms with Crippen LogP contribution in [-0.4, -0.2) is 10.8 Å². The van der Waals surface area contributed by atoms with Gasteiger partial charge in [-0.05, 0) is 31.2 Å². The van der Waals surface area contributed by atoms with Crippen LogP contribution in [-0.2, 0) is 0 Å². The molecule has 1 aromatic heterocycles. The van der Waals surface area contributed by atoms with Crippen LogP contribution in [0.1, 0.15) is 29.4 Å². The summed E-state index contributed by atoms with van der Waals surface area (Å²) in [6, 6.07) is 7.65. The maximum atomic E-state index is 12.4. The lowest BCUT2D eigenvalue weighted by atomic mass is 10.1. The van der Waals surface area contributed by atoms with Gasteiger partial charge < -0.3 is 0 Å². The standard InChI is InChI=1S/C12H9F2NO/c1-7(16)8-2-4-10-9(6-8)3-5-11(15-10)12(13)14/h2-6,12H,1H3. The lowest BCUT2D eigenvalue weighted by Gasteiger charge is -2.03. The topological polar surface area (TPSA) is 30.0 Å². The van der Waals surface area contributed by atoms with E-state index < -0.39 is 6.43 Å². The summed E-state index contributed by atoms with van der Waals surface area (Å²) in [6.45, 7) is 1.46. The van der Waals surface area contributed by atoms with Gasteiger partial charge in [-0.15, -0.1) is 0 Å². The molecule has 0 fully saturated rings. The van der Waals surface area contributed by atoms with E-state index in [9.17, 15) is 13.6 Å². The van der Waals surface area contributed by atoms with Crippen molar-refractivity contribution in [3.8, 4) is 0 Å². The van der Waals surface area contributed by atoms with E-state index in [0.717, 1.165) is 0 Å². The summed E-state index contributed by atoms with van der Waals surface area (Å²) in [5.74, 6) is -0.0557. The van der Waals surface area contributed by atoms with Gasteiger partial charge in [-0.3, -0.25) is 4.79 Å². The number of Topliss-reactive ketones (excluding diaryl/α,β-unsaturated/α-hetero) is 1. The van der Waals surface area contributed by atoms with Crippen molar-refractivity contribution in [2.24, 2.45) is 0 Å². The van der Waals surface area contributed by atoms with E-state index in [0.29, 0.717) is 16.5 Å². The van der Waals surface area contributed by atoms with Crippen LogP contribution in [0.4, 0.5) is 8.78 Å². The second-order valence-corrected chi connectivity index (χ2v) is 3.50. The number of benzene rings is 1. The number of hydrogen-bond acceptors (Lipinski definition) is 2. The van der Waals surface area contributed by atoms with Gasteiger partial charge >= 0.3 is 0 Å². The van der Waals surface area contributed by atoms with Crippen molar-refractivity contribution in [1.29, 1.82) is 0 Å². The number of rotatable bonds is 2. The van der Waals surface area contributed by atoms with Crippen molar-refractivity contribution in [3.05, 3.63) is 41.6 Å². The highest BCUT2D eigenvalue weighted by Gasteiger charge is 2.09. The van der Waals surface area contributed by atoms with Gasteiger partial charge in [0.25, 0.3) is 6.43 Å². The Balaban J connectivity index is 2.57. The molecule has 1 aromatic carbocycles. The third-order valence-electron chi connectivity index (χ3n) is 2.34. The highest BCUT2D eigenvalue weighted by atomic mass is 19.3. The quantitative estimate of drug-likeness (QED) is 0.727. The van der Waals surface area contributed by atoms with E-state index in [2.05, 4.69) is 4.98 Å². The molecule has 0 amide bonds. The molecule has 0 radical (unpaired) electrons. The van der Waals surface area contributed by atoms with Crippen LogP contribution in [0.25, 0.3) is 10.9 Å². The minimum absolute atomic E-state index is 0.0557. The summed E-state index contributed by atoms with van der Waals surface area (Å²) in [4.78, 5) is 14.9. The highest BCUT2D eigenvalue weighted by molar-refractivity contribution is 5.97. The number of nitrogens with zero attached hydrogens (tertiary/aromatic N) is 1. The van der Waals surface area contributed by atoms with Gasteiger partial charge in [-0.1, -0.05) is 6.07 Å². The number of aromatic nitrogens is 1. The summed E-state index contributed by atoms with van der Waals surface area (Å²) in [6.07, 6.45) is -2.57. The number of carbonyl (C=O) groups excluding carboxylic acids is 1. The Hall–Kier alpha value is -1.84. The summed E-state index contributed by atoms with van der Waals surface area (Å²) in [5.41, 5.74) is 0.782. The minimum Gasteiger partial charge on any atom is -0.295 e. The van der Waals surface area contributed by atoms with Crippen molar-refractivity contribution in [2.45, 2.75) is 13.3 Å². The molecule has 2 rings (SSSR count). The first-order valence-electron chi connectivity index (χ1n) is 4.78. The zero-order valence-corrected chi connectivity index (χ0v) is 8.58. The molecule has 0 saturated heterocycles. The number of fused-ring (bicyclic) bond motifs is 1. The molecule has 82 valence electrons. The third-order valence-corrected chi connectivity index (χ3v) is 2.34. The number of alkyl halides is 2. The first kappa shape index (κ1) is 10.7. The van der Waals surface area contributed by atoms with Gasteiger partial charge in [-0.2, -0.15) is 0 Å². The molecule has 0 unspecified atom stereocenters. The molecule has 2 aromatic rings. The molecule has 4 heteroatoms. The SMILES string of the molecule is CC(=O)c1ccc2nc(C(F)F)ccc2c1. The molecule has 0 aliphatic heterocycles. The fourth-order valence-corrected chi connectivity index (χ4v) is 1.48. The normalized spacial score (nSPS) is 11.0. The Morgan fingerprint density at radius 3 is 2.62 bits per heavy atom. The maximum Gasteiger partial charge on any atom is 0.280 e. The van der Waals surface area contributed by atoms with E-state index in [1.54, 1.807) is 24.3 Å². The van der Waals surface area contributed by atoms with Crippen molar-refractivity contribution in [3.63, 3.8) is 0 Å². The number of halogens is 2. The van der Waals surface area contributed by atoms with Crippen LogP contribution >= 0.6 is 0 Å². The summed E-state index contributed by atoms with van der Waals surface area (Å²) < 4.78 is 24.8. The van der Waals surface area contributed by atoms with Crippen molar-refractivity contribution < 1.29 is 13.6 Å². The number of ketones is 1. The van der Waals surface area contributed by atoms with Gasteiger partial charge in [0.1, 0.15) is 5.69 Å². The average molecular weight is 221 g/mol. The van der Waals surface area contributed by atoms with Crippen LogP contribution < -0.4 is 0 Å². The Morgan fingerprint density at radius 1 is 1.25 bits per heavy atom. The van der Waals surface area contributed by atoms with Crippen LogP contribution in [0.3, 0.4) is 0 Å². The lowest BCUT2D eigenvalue weighted by Crippen LogP contribution is -1.94. The smallest absolute Gasteiger partial charge is 0.280 e. The zero-order valence-electron chi connectivity index (χ0n) is 8.58. The van der Waals surface area contributed by atoms with E-state index in [1.807, 2.05) is 0 Å². The second-order valence-electron chi connectivity index (χ2n) is 3.50. The predicted molar refractivity (Wildman–Crippen MR) is 56.7 cm³/mol. The number of pyridine rings is 1. The molecular weight excluding hydrogens is 212 g/mol. The van der Waals surface area contributed by atoms with E-state index in [-0.39, 0.29) is 11.5 Å². The predicted octanol–water partition coefficient (Wildman–Crippen LogP) is 3.38. The molecule has 0 saturated carbocycles. The molecule has 2 nitrogen and oxygen atoms in total. The van der Waals surface area contributed by atoms with Gasteiger partial charge in [0.2, 0.25) is 0 Å². The van der Waals surface area contributed by atoms with E-state index >= 15 is 0 Å². The Labute approximate surface area is 90.9 Å². The van der Waals surface area contributed by atoms with Crippen LogP contribution in [0.15, 0.2) is 30.3 Å². The zero-order chi connectivity index (χ0) is 11.7. The molecule has 16 heavy (non-hydrogen) atoms. The van der Waals surface area contributed by atoms with Crippen molar-refractivity contribution in [2.75, 3.05) is 0 Å². The van der Waals surface area contributed by atoms with E-state index in [4.69, 9.17) is 0 Å². The van der Waals surface area contributed by atoms with E-state index in [1.165, 1.54) is 13.0 Å². The summed E-state index contributed by atoms with van der Waals surface area (Å²) >= 11 is 0. The highest BCUT2D eigenvalue weighted by Crippen LogP contribution is 2.21. The van der Waals surface area contributed by atoms with Crippen LogP contribution in [0, 0.1) is 0 Å². The average Bonchev–Trinajstić information content (AvgIpc) is 2.27. The van der Waals surface area contributed by atoms with Crippen molar-refractivity contribution >= 4 is 16.7 Å². The molecule has 0 aliphatic rings. The van der Waals surface area contributed by atoms with Crippen LogP contribution in [0.2, 0.25) is 0 Å². The van der Waals surface area contributed by atoms with Gasteiger partial charge in [-0.25, -0.2) is 13.8 Å². The van der Waals surface area contributed by atoms with Crippen molar-refractivity contribution in [1.82, 2.24) is 4.98 Å². The third kappa shape index (κ3) is 1.91. The fourth-order valence-electron chi connectivity index (χ4n) is 1.48. The molecule has 0 N–H and O–H groups in total. The van der Waals surface area contributed by atoms with Crippen LogP contribution in [0.5, 0.6) is 0 Å². The Morgan fingerprint density at radius 2 is 2.00 bits per heavy atom. The molecule has 0 aliphatic carbocycles. The maximum absolute atomic E-state index is 12.4. The fraction of sp³-hybridized carbons (Fsp3) is 0.167. The molecule has 1 heterocycles. The van der Waals surface area contributed by atoms with Gasteiger partial charge in [0.15, 0.2) is 5.78 Å². The monoisotopic (exact) mass is 221 g/mol. The Kier molecular flexibility index (Phi) is 2.64.